The van der Waals surface area contributed by atoms with Crippen molar-refractivity contribution < 1.29 is 17.9 Å². The second kappa shape index (κ2) is 6.16. The zero-order valence-electron chi connectivity index (χ0n) is 13.4. The van der Waals surface area contributed by atoms with E-state index >= 15 is 0 Å². The summed E-state index contributed by atoms with van der Waals surface area (Å²) in [5.74, 6) is 0.136. The van der Waals surface area contributed by atoms with E-state index in [-0.39, 0.29) is 11.7 Å². The molecule has 1 heterocycles. The van der Waals surface area contributed by atoms with Gasteiger partial charge in [-0.1, -0.05) is 29.8 Å². The number of amides is 1. The van der Waals surface area contributed by atoms with Gasteiger partial charge in [-0.15, -0.1) is 0 Å². The molecule has 0 spiro atoms. The second-order valence-electron chi connectivity index (χ2n) is 5.81. The van der Waals surface area contributed by atoms with Gasteiger partial charge in [0.2, 0.25) is 10.0 Å². The predicted molar refractivity (Wildman–Crippen MR) is 92.6 cm³/mol. The predicted octanol–water partition coefficient (Wildman–Crippen LogP) is 2.66. The average molecular weight is 346 g/mol. The first kappa shape index (κ1) is 16.3. The molecule has 24 heavy (non-hydrogen) atoms. The lowest BCUT2D eigenvalue weighted by Crippen LogP contribution is -2.34. The Balaban J connectivity index is 1.78. The van der Waals surface area contributed by atoms with E-state index in [0.29, 0.717) is 22.7 Å². The van der Waals surface area contributed by atoms with E-state index in [0.717, 1.165) is 5.56 Å². The summed E-state index contributed by atoms with van der Waals surface area (Å²) in [7, 11) is -3.56. The molecule has 0 aliphatic carbocycles. The van der Waals surface area contributed by atoms with Gasteiger partial charge < -0.3 is 10.1 Å². The zero-order chi connectivity index (χ0) is 17.3. The van der Waals surface area contributed by atoms with E-state index in [1.54, 1.807) is 31.2 Å². The third-order valence-corrected chi connectivity index (χ3v) is 4.88. The van der Waals surface area contributed by atoms with Crippen LogP contribution >= 0.6 is 0 Å². The summed E-state index contributed by atoms with van der Waals surface area (Å²) < 4.78 is 32.6. The van der Waals surface area contributed by atoms with E-state index in [1.165, 1.54) is 0 Å². The molecule has 6 nitrogen and oxygen atoms in total. The number of benzene rings is 2. The van der Waals surface area contributed by atoms with Gasteiger partial charge in [-0.2, -0.15) is 0 Å². The Morgan fingerprint density at radius 2 is 2.00 bits per heavy atom. The molecular formula is C17H18N2O4S. The Bertz CT molecular complexity index is 893. The average Bonchev–Trinajstić information content (AvgIpc) is 2.48. The molecule has 0 bridgehead atoms. The number of hydrogen-bond acceptors (Lipinski definition) is 4. The molecule has 126 valence electrons. The lowest BCUT2D eigenvalue weighted by atomic mass is 10.2. The van der Waals surface area contributed by atoms with Gasteiger partial charge in [0.25, 0.3) is 5.91 Å². The van der Waals surface area contributed by atoms with Crippen LogP contribution in [0.2, 0.25) is 0 Å². The molecule has 3 rings (SSSR count). The molecule has 0 radical (unpaired) electrons. The lowest BCUT2D eigenvalue weighted by Gasteiger charge is -2.23. The number of rotatable bonds is 4. The van der Waals surface area contributed by atoms with Gasteiger partial charge >= 0.3 is 0 Å². The van der Waals surface area contributed by atoms with E-state index in [4.69, 9.17) is 4.74 Å². The van der Waals surface area contributed by atoms with Gasteiger partial charge in [0.1, 0.15) is 5.75 Å². The van der Waals surface area contributed by atoms with E-state index < -0.39 is 16.1 Å². The van der Waals surface area contributed by atoms with Crippen LogP contribution in [0.1, 0.15) is 18.1 Å². The molecule has 0 fully saturated rings. The highest BCUT2D eigenvalue weighted by molar-refractivity contribution is 7.91. The van der Waals surface area contributed by atoms with Crippen LogP contribution in [0.4, 0.5) is 11.4 Å². The van der Waals surface area contributed by atoms with Crippen molar-refractivity contribution >= 4 is 27.3 Å². The van der Waals surface area contributed by atoms with Crippen molar-refractivity contribution in [2.45, 2.75) is 25.7 Å². The fourth-order valence-electron chi connectivity index (χ4n) is 2.51. The van der Waals surface area contributed by atoms with Crippen LogP contribution in [-0.4, -0.2) is 20.4 Å². The number of aryl methyl sites for hydroxylation is 1. The maximum absolute atomic E-state index is 12.3. The van der Waals surface area contributed by atoms with E-state index in [9.17, 15) is 13.2 Å². The largest absolute Gasteiger partial charge is 0.479 e. The Kier molecular flexibility index (Phi) is 4.19. The minimum atomic E-state index is -3.56. The number of fused-ring (bicyclic) bond motifs is 1. The highest BCUT2D eigenvalue weighted by Gasteiger charge is 2.24. The number of carbonyl (C=O) groups excluding carboxylic acids is 1. The number of sulfonamides is 1. The van der Waals surface area contributed by atoms with E-state index in [1.807, 2.05) is 25.1 Å². The SMILES string of the molecule is Cc1cccc(CS(=O)(=O)Nc2ccc3c(c2)NC(=O)C(C)O3)c1. The van der Waals surface area contributed by atoms with Crippen molar-refractivity contribution in [2.75, 3.05) is 10.0 Å². The molecule has 0 aromatic heterocycles. The van der Waals surface area contributed by atoms with Gasteiger partial charge in [-0.25, -0.2) is 8.42 Å². The van der Waals surface area contributed by atoms with Crippen molar-refractivity contribution in [2.24, 2.45) is 0 Å². The highest BCUT2D eigenvalue weighted by Crippen LogP contribution is 2.32. The molecule has 1 amide bonds. The quantitative estimate of drug-likeness (QED) is 0.891. The molecule has 1 unspecified atom stereocenters. The van der Waals surface area contributed by atoms with Crippen LogP contribution in [-0.2, 0) is 20.6 Å². The minimum absolute atomic E-state index is 0.119. The fraction of sp³-hybridized carbons (Fsp3) is 0.235. The molecule has 1 atom stereocenters. The Morgan fingerprint density at radius 3 is 2.75 bits per heavy atom. The van der Waals surface area contributed by atoms with Crippen LogP contribution in [0.15, 0.2) is 42.5 Å². The summed E-state index contributed by atoms with van der Waals surface area (Å²) in [5.41, 5.74) is 2.55. The topological polar surface area (TPSA) is 84.5 Å². The summed E-state index contributed by atoms with van der Waals surface area (Å²) in [6.07, 6.45) is -0.568. The summed E-state index contributed by atoms with van der Waals surface area (Å²) in [6.45, 7) is 3.56. The molecular weight excluding hydrogens is 328 g/mol. The molecule has 0 saturated heterocycles. The van der Waals surface area contributed by atoms with Crippen molar-refractivity contribution in [3.63, 3.8) is 0 Å². The van der Waals surface area contributed by atoms with Gasteiger partial charge in [0, 0.05) is 0 Å². The minimum Gasteiger partial charge on any atom is -0.479 e. The summed E-state index contributed by atoms with van der Waals surface area (Å²) in [4.78, 5) is 11.7. The van der Waals surface area contributed by atoms with Crippen LogP contribution in [0.3, 0.4) is 0 Å². The second-order valence-corrected chi connectivity index (χ2v) is 7.53. The molecule has 2 N–H and O–H groups in total. The fourth-order valence-corrected chi connectivity index (χ4v) is 3.69. The van der Waals surface area contributed by atoms with Crippen LogP contribution in [0.5, 0.6) is 5.75 Å². The zero-order valence-corrected chi connectivity index (χ0v) is 14.2. The number of ether oxygens (including phenoxy) is 1. The normalized spacial score (nSPS) is 16.8. The first-order valence-corrected chi connectivity index (χ1v) is 9.15. The Morgan fingerprint density at radius 1 is 1.21 bits per heavy atom. The molecule has 2 aromatic carbocycles. The summed E-state index contributed by atoms with van der Waals surface area (Å²) in [5, 5.41) is 2.69. The lowest BCUT2D eigenvalue weighted by molar-refractivity contribution is -0.122. The van der Waals surface area contributed by atoms with Crippen LogP contribution in [0, 0.1) is 6.92 Å². The number of anilines is 2. The van der Waals surface area contributed by atoms with Gasteiger partial charge in [0.15, 0.2) is 6.10 Å². The Hall–Kier alpha value is -2.54. The maximum Gasteiger partial charge on any atom is 0.265 e. The third kappa shape index (κ3) is 3.68. The van der Waals surface area contributed by atoms with Crippen molar-refractivity contribution in [1.29, 1.82) is 0 Å². The van der Waals surface area contributed by atoms with Crippen LogP contribution < -0.4 is 14.8 Å². The smallest absolute Gasteiger partial charge is 0.265 e. The molecule has 7 heteroatoms. The maximum atomic E-state index is 12.3. The van der Waals surface area contributed by atoms with Crippen molar-refractivity contribution in [1.82, 2.24) is 0 Å². The highest BCUT2D eigenvalue weighted by atomic mass is 32.2. The molecule has 0 saturated carbocycles. The van der Waals surface area contributed by atoms with Gasteiger partial charge in [0.05, 0.1) is 17.1 Å². The van der Waals surface area contributed by atoms with Gasteiger partial charge in [-0.3, -0.25) is 9.52 Å². The standard InChI is InChI=1S/C17H18N2O4S/c1-11-4-3-5-13(8-11)10-24(21,22)19-14-6-7-16-15(9-14)18-17(20)12(2)23-16/h3-9,12,19H,10H2,1-2H3,(H,18,20). The monoisotopic (exact) mass is 346 g/mol. The first-order chi connectivity index (χ1) is 11.3. The van der Waals surface area contributed by atoms with Crippen molar-refractivity contribution in [3.05, 3.63) is 53.6 Å². The van der Waals surface area contributed by atoms with Crippen molar-refractivity contribution in [3.8, 4) is 5.75 Å². The summed E-state index contributed by atoms with van der Waals surface area (Å²) in [6, 6.07) is 12.1. The van der Waals surface area contributed by atoms with E-state index in [2.05, 4.69) is 10.0 Å². The Labute approximate surface area is 140 Å². The molecule has 1 aliphatic rings. The first-order valence-electron chi connectivity index (χ1n) is 7.50. The van der Waals surface area contributed by atoms with Crippen LogP contribution in [0.25, 0.3) is 0 Å². The number of carbonyl (C=O) groups is 1. The third-order valence-electron chi connectivity index (χ3n) is 3.62. The van der Waals surface area contributed by atoms with Gasteiger partial charge in [-0.05, 0) is 37.6 Å². The molecule has 2 aromatic rings. The molecule has 1 aliphatic heterocycles. The number of hydrogen-bond donors (Lipinski definition) is 2. The summed E-state index contributed by atoms with van der Waals surface area (Å²) >= 11 is 0. The number of nitrogens with one attached hydrogen (secondary N) is 2.